The predicted octanol–water partition coefficient (Wildman–Crippen LogP) is 2.07. The van der Waals surface area contributed by atoms with Crippen molar-refractivity contribution in [2.24, 2.45) is 11.8 Å². The molecule has 5 heterocycles. The van der Waals surface area contributed by atoms with Gasteiger partial charge in [-0.15, -0.1) is 11.3 Å². The molecule has 14 nitrogen and oxygen atoms in total. The Morgan fingerprint density at radius 1 is 0.979 bits per heavy atom. The first-order valence-corrected chi connectivity index (χ1v) is 15.9. The number of aliphatic hydroxyl groups excluding tert-OH is 2. The minimum atomic E-state index is -2.74. The number of carbonyl (C=O) groups is 1. The first-order chi connectivity index (χ1) is 22.7. The molecule has 0 radical (unpaired) electrons. The molecule has 5 aliphatic rings. The Labute approximate surface area is 271 Å². The van der Waals surface area contributed by atoms with E-state index in [1.807, 2.05) is 17.5 Å². The Bertz CT molecular complexity index is 1650. The molecule has 0 spiro atoms. The van der Waals surface area contributed by atoms with Gasteiger partial charge in [0, 0.05) is 11.8 Å². The van der Waals surface area contributed by atoms with E-state index in [0.29, 0.717) is 28.2 Å². The van der Waals surface area contributed by atoms with Gasteiger partial charge >= 0.3 is 11.9 Å². The quantitative estimate of drug-likeness (QED) is 0.221. The number of fused-ring (bicyclic) bond motifs is 4. The number of methoxy groups -OCH3 is 2. The lowest BCUT2D eigenvalue weighted by Crippen LogP contribution is -2.68. The number of hydrogen-bond donors (Lipinski definition) is 4. The Balaban J connectivity index is 1.18. The molecule has 1 aliphatic carbocycles. The summed E-state index contributed by atoms with van der Waals surface area (Å²) in [6.45, 7) is -0.180. The number of carbonyl (C=O) groups excluding carboxylic acids is 1. The molecule has 4 N–H and O–H groups in total. The van der Waals surface area contributed by atoms with Crippen molar-refractivity contribution in [1.29, 1.82) is 0 Å². The smallest absolute Gasteiger partial charge is 0.311 e. The van der Waals surface area contributed by atoms with Gasteiger partial charge in [0.15, 0.2) is 35.4 Å². The van der Waals surface area contributed by atoms with Gasteiger partial charge in [0.25, 0.3) is 0 Å². The third-order valence-corrected chi connectivity index (χ3v) is 10.4. The number of esters is 1. The number of hydrogen-bond acceptors (Lipinski definition) is 15. The molecule has 0 bridgehead atoms. The minimum Gasteiger partial charge on any atom is -0.502 e. The van der Waals surface area contributed by atoms with Crippen molar-refractivity contribution in [3.05, 3.63) is 63.3 Å². The summed E-state index contributed by atoms with van der Waals surface area (Å²) in [7, 11) is 2.81. The molecule has 8 rings (SSSR count). The molecule has 10 atom stereocenters. The van der Waals surface area contributed by atoms with E-state index >= 15 is 0 Å². The molecule has 15 heteroatoms. The molecule has 0 amide bonds. The van der Waals surface area contributed by atoms with Crippen molar-refractivity contribution >= 4 is 17.3 Å². The van der Waals surface area contributed by atoms with Crippen molar-refractivity contribution in [3.8, 4) is 28.7 Å². The monoisotopic (exact) mass is 672 g/mol. The highest BCUT2D eigenvalue weighted by Gasteiger charge is 2.61. The van der Waals surface area contributed by atoms with Crippen molar-refractivity contribution < 1.29 is 67.9 Å². The van der Waals surface area contributed by atoms with Gasteiger partial charge in [0.2, 0.25) is 12.5 Å². The van der Waals surface area contributed by atoms with E-state index in [9.17, 15) is 25.2 Å². The van der Waals surface area contributed by atoms with E-state index in [2.05, 4.69) is 0 Å². The average molecular weight is 673 g/mol. The Morgan fingerprint density at radius 3 is 2.38 bits per heavy atom. The molecule has 3 aromatic rings. The van der Waals surface area contributed by atoms with Gasteiger partial charge in [-0.2, -0.15) is 0 Å². The lowest BCUT2D eigenvalue weighted by molar-refractivity contribution is -0.478. The van der Waals surface area contributed by atoms with Crippen LogP contribution in [0.5, 0.6) is 28.7 Å². The van der Waals surface area contributed by atoms with Crippen molar-refractivity contribution in [1.82, 2.24) is 0 Å². The van der Waals surface area contributed by atoms with Gasteiger partial charge < -0.3 is 63.1 Å². The topological polar surface area (TPSA) is 181 Å². The molecule has 3 fully saturated rings. The highest BCUT2D eigenvalue weighted by molar-refractivity contribution is 7.10. The lowest BCUT2D eigenvalue weighted by atomic mass is 9.66. The third kappa shape index (κ3) is 4.84. The molecule has 250 valence electrons. The number of cyclic esters (lactones) is 1. The van der Waals surface area contributed by atoms with Gasteiger partial charge in [-0.25, -0.2) is 0 Å². The standard InChI is InChI=1S/C32H32O14S/c1-38-19-6-13(7-20(39-2)25(19)33)23-14-8-17-18(43-12-42-17)9-15(14)27(16-10-40-30(36)24(16)23)46-32(37)29(35)26(34)28-21(45-32)11-41-31(44-28)22-4-3-5-47-22/h3-9,16,21,23-24,26-29,31,33-35,37H,10-12H2,1-2H3/t16-,21+,23+,24?,26?,27?,28?,29+,31+,32+/m0/s1. The fourth-order valence-electron chi connectivity index (χ4n) is 7.24. The van der Waals surface area contributed by atoms with Crippen molar-refractivity contribution in [3.63, 3.8) is 0 Å². The number of aromatic hydroxyl groups is 1. The van der Waals surface area contributed by atoms with Crippen LogP contribution in [0, 0.1) is 11.8 Å². The Hall–Kier alpha value is -3.67. The lowest BCUT2D eigenvalue weighted by Gasteiger charge is -2.51. The van der Waals surface area contributed by atoms with Crippen LogP contribution < -0.4 is 18.9 Å². The molecular formula is C32H32O14S. The maximum absolute atomic E-state index is 13.5. The van der Waals surface area contributed by atoms with E-state index in [1.54, 1.807) is 24.3 Å². The van der Waals surface area contributed by atoms with Gasteiger partial charge in [0.05, 0.1) is 44.3 Å². The molecule has 4 aliphatic heterocycles. The zero-order valence-electron chi connectivity index (χ0n) is 25.1. The van der Waals surface area contributed by atoms with Crippen LogP contribution in [0.15, 0.2) is 41.8 Å². The average Bonchev–Trinajstić information content (AvgIpc) is 3.85. The van der Waals surface area contributed by atoms with Gasteiger partial charge in [-0.05, 0) is 52.4 Å². The number of phenols is 1. The van der Waals surface area contributed by atoms with Crippen LogP contribution in [0.4, 0.5) is 0 Å². The number of phenolic OH excluding ortho intramolecular Hbond substituents is 1. The number of ether oxygens (including phenoxy) is 9. The maximum atomic E-state index is 13.5. The van der Waals surface area contributed by atoms with E-state index in [0.717, 1.165) is 4.88 Å². The van der Waals surface area contributed by atoms with Crippen LogP contribution in [0.2, 0.25) is 0 Å². The first-order valence-electron chi connectivity index (χ1n) is 15.0. The maximum Gasteiger partial charge on any atom is 0.311 e. The second kappa shape index (κ2) is 11.5. The highest BCUT2D eigenvalue weighted by Crippen LogP contribution is 2.57. The van der Waals surface area contributed by atoms with Crippen LogP contribution in [0.3, 0.4) is 0 Å². The van der Waals surface area contributed by atoms with Crippen LogP contribution >= 0.6 is 11.3 Å². The molecular weight excluding hydrogens is 640 g/mol. The number of benzene rings is 2. The summed E-state index contributed by atoms with van der Waals surface area (Å²) >= 11 is 1.41. The number of rotatable bonds is 6. The zero-order chi connectivity index (χ0) is 32.6. The zero-order valence-corrected chi connectivity index (χ0v) is 26.0. The van der Waals surface area contributed by atoms with Crippen molar-refractivity contribution in [2.45, 2.75) is 48.7 Å². The molecule has 0 saturated carbocycles. The Morgan fingerprint density at radius 2 is 1.70 bits per heavy atom. The third-order valence-electron chi connectivity index (χ3n) is 9.46. The van der Waals surface area contributed by atoms with Crippen LogP contribution in [0.1, 0.15) is 39.9 Å². The van der Waals surface area contributed by atoms with E-state index in [1.165, 1.54) is 25.6 Å². The molecule has 3 saturated heterocycles. The summed E-state index contributed by atoms with van der Waals surface area (Å²) in [5.74, 6) is -4.58. The fourth-order valence-corrected chi connectivity index (χ4v) is 7.95. The van der Waals surface area contributed by atoms with Gasteiger partial charge in [-0.3, -0.25) is 4.79 Å². The summed E-state index contributed by atoms with van der Waals surface area (Å²) in [6, 6.07) is 10.3. The molecule has 4 unspecified atom stereocenters. The minimum absolute atomic E-state index is 0.0301. The first kappa shape index (κ1) is 30.7. The van der Waals surface area contributed by atoms with Crippen LogP contribution in [-0.2, 0) is 28.5 Å². The normalized spacial score (nSPS) is 35.4. The largest absolute Gasteiger partial charge is 0.502 e. The predicted molar refractivity (Wildman–Crippen MR) is 157 cm³/mol. The highest BCUT2D eigenvalue weighted by atomic mass is 32.1. The summed E-state index contributed by atoms with van der Waals surface area (Å²) in [5, 5.41) is 46.8. The second-order valence-electron chi connectivity index (χ2n) is 11.9. The number of aliphatic hydroxyl groups is 3. The SMILES string of the molecule is COc1cc([C@@H]2c3cc4c(cc3C(O[C@]3(O)O[C@@H]5CO[C@@H](c6cccs6)OC5C(O)[C@H]3O)[C@H]3COC(=O)C23)OCO4)cc(OC)c1O. The summed E-state index contributed by atoms with van der Waals surface area (Å²) in [6.07, 6.45) is -7.50. The molecule has 47 heavy (non-hydrogen) atoms. The van der Waals surface area contributed by atoms with Crippen LogP contribution in [-0.4, -0.2) is 91.0 Å². The van der Waals surface area contributed by atoms with E-state index in [4.69, 9.17) is 42.6 Å². The Kier molecular flexibility index (Phi) is 7.49. The van der Waals surface area contributed by atoms with Crippen LogP contribution in [0.25, 0.3) is 0 Å². The van der Waals surface area contributed by atoms with E-state index in [-0.39, 0.29) is 37.3 Å². The second-order valence-corrected chi connectivity index (χ2v) is 12.9. The summed E-state index contributed by atoms with van der Waals surface area (Å²) in [5.41, 5.74) is 1.65. The summed E-state index contributed by atoms with van der Waals surface area (Å²) in [4.78, 5) is 14.3. The van der Waals surface area contributed by atoms with E-state index < -0.39 is 66.5 Å². The fraction of sp³-hybridized carbons (Fsp3) is 0.469. The molecule has 2 aromatic carbocycles. The molecule has 1 aromatic heterocycles. The van der Waals surface area contributed by atoms with Gasteiger partial charge in [-0.1, -0.05) is 6.07 Å². The van der Waals surface area contributed by atoms with Crippen molar-refractivity contribution in [2.75, 3.05) is 34.2 Å². The number of thiophene rings is 1. The van der Waals surface area contributed by atoms with Gasteiger partial charge in [0.1, 0.15) is 18.3 Å². The summed E-state index contributed by atoms with van der Waals surface area (Å²) < 4.78 is 51.8.